The molecule has 4 heteroatoms. The minimum absolute atomic E-state index is 0.100. The monoisotopic (exact) mass is 261 g/mol. The van der Waals surface area contributed by atoms with Gasteiger partial charge in [-0.25, -0.2) is 0 Å². The van der Waals surface area contributed by atoms with Gasteiger partial charge in [-0.1, -0.05) is 30.3 Å². The standard InChI is InChI=1S/C15H23N3O/c1-18(2)14(12-6-4-3-5-7-12)15(19)17-13-8-10-16-11-9-13/h3-7,13-14,16H,8-11H2,1-2H3,(H,17,19). The summed E-state index contributed by atoms with van der Waals surface area (Å²) in [6.45, 7) is 1.98. The molecule has 19 heavy (non-hydrogen) atoms. The van der Waals surface area contributed by atoms with E-state index in [1.165, 1.54) is 0 Å². The Balaban J connectivity index is 2.04. The third kappa shape index (κ3) is 3.78. The molecule has 0 saturated carbocycles. The fourth-order valence-electron chi connectivity index (χ4n) is 2.57. The summed E-state index contributed by atoms with van der Waals surface area (Å²) in [7, 11) is 3.89. The molecule has 1 aromatic carbocycles. The van der Waals surface area contributed by atoms with E-state index in [0.29, 0.717) is 6.04 Å². The average molecular weight is 261 g/mol. The number of hydrogen-bond donors (Lipinski definition) is 2. The largest absolute Gasteiger partial charge is 0.352 e. The van der Waals surface area contributed by atoms with Gasteiger partial charge in [0.1, 0.15) is 6.04 Å². The summed E-state index contributed by atoms with van der Waals surface area (Å²) < 4.78 is 0. The third-order valence-electron chi connectivity index (χ3n) is 3.57. The number of piperidine rings is 1. The molecule has 1 unspecified atom stereocenters. The van der Waals surface area contributed by atoms with E-state index in [2.05, 4.69) is 10.6 Å². The van der Waals surface area contributed by atoms with Crippen molar-refractivity contribution in [1.82, 2.24) is 15.5 Å². The van der Waals surface area contributed by atoms with Crippen molar-refractivity contribution in [1.29, 1.82) is 0 Å². The first-order valence-corrected chi connectivity index (χ1v) is 6.91. The first-order chi connectivity index (χ1) is 9.18. The summed E-state index contributed by atoms with van der Waals surface area (Å²) in [6.07, 6.45) is 2.03. The molecule has 2 rings (SSSR count). The number of amides is 1. The minimum Gasteiger partial charge on any atom is -0.352 e. The zero-order chi connectivity index (χ0) is 13.7. The molecule has 4 nitrogen and oxygen atoms in total. The maximum absolute atomic E-state index is 12.5. The molecule has 1 heterocycles. The van der Waals surface area contributed by atoms with E-state index in [0.717, 1.165) is 31.5 Å². The molecule has 1 amide bonds. The van der Waals surface area contributed by atoms with E-state index < -0.39 is 0 Å². The molecule has 1 fully saturated rings. The van der Waals surface area contributed by atoms with E-state index in [1.54, 1.807) is 0 Å². The molecule has 1 saturated heterocycles. The van der Waals surface area contributed by atoms with Gasteiger partial charge in [-0.2, -0.15) is 0 Å². The SMILES string of the molecule is CN(C)C(C(=O)NC1CCNCC1)c1ccccc1. The fraction of sp³-hybridized carbons (Fsp3) is 0.533. The van der Waals surface area contributed by atoms with Crippen LogP contribution in [0, 0.1) is 0 Å². The molecule has 0 bridgehead atoms. The minimum atomic E-state index is -0.212. The summed E-state index contributed by atoms with van der Waals surface area (Å²) in [6, 6.07) is 10.0. The summed E-state index contributed by atoms with van der Waals surface area (Å²) in [5.41, 5.74) is 1.04. The number of rotatable bonds is 4. The number of carbonyl (C=O) groups excluding carboxylic acids is 1. The molecular formula is C15H23N3O. The van der Waals surface area contributed by atoms with Crippen molar-refractivity contribution in [2.24, 2.45) is 0 Å². The van der Waals surface area contributed by atoms with E-state index in [1.807, 2.05) is 49.3 Å². The maximum atomic E-state index is 12.5. The van der Waals surface area contributed by atoms with Gasteiger partial charge < -0.3 is 10.6 Å². The van der Waals surface area contributed by atoms with Gasteiger partial charge >= 0.3 is 0 Å². The highest BCUT2D eigenvalue weighted by Gasteiger charge is 2.25. The highest BCUT2D eigenvalue weighted by molar-refractivity contribution is 5.83. The summed E-state index contributed by atoms with van der Waals surface area (Å²) in [5, 5.41) is 6.49. The van der Waals surface area contributed by atoms with Crippen LogP contribution in [0.1, 0.15) is 24.4 Å². The second-order valence-corrected chi connectivity index (χ2v) is 5.31. The summed E-state index contributed by atoms with van der Waals surface area (Å²) >= 11 is 0. The zero-order valence-electron chi connectivity index (χ0n) is 11.7. The van der Waals surface area contributed by atoms with Crippen LogP contribution in [-0.4, -0.2) is 44.0 Å². The third-order valence-corrected chi connectivity index (χ3v) is 3.57. The van der Waals surface area contributed by atoms with Crippen LogP contribution in [0.2, 0.25) is 0 Å². The van der Waals surface area contributed by atoms with E-state index in [4.69, 9.17) is 0 Å². The van der Waals surface area contributed by atoms with E-state index >= 15 is 0 Å². The summed E-state index contributed by atoms with van der Waals surface area (Å²) in [5.74, 6) is 0.100. The molecule has 0 aromatic heterocycles. The lowest BCUT2D eigenvalue weighted by molar-refractivity contribution is -0.126. The summed E-state index contributed by atoms with van der Waals surface area (Å²) in [4.78, 5) is 14.4. The maximum Gasteiger partial charge on any atom is 0.242 e. The molecule has 2 N–H and O–H groups in total. The number of nitrogens with zero attached hydrogens (tertiary/aromatic N) is 1. The number of likely N-dealkylation sites (N-methyl/N-ethyl adjacent to an activating group) is 1. The number of carbonyl (C=O) groups is 1. The van der Waals surface area contributed by atoms with Crippen molar-refractivity contribution in [2.75, 3.05) is 27.2 Å². The second kappa shape index (κ2) is 6.68. The highest BCUT2D eigenvalue weighted by atomic mass is 16.2. The Hall–Kier alpha value is -1.39. The van der Waals surface area contributed by atoms with Crippen LogP contribution in [-0.2, 0) is 4.79 Å². The number of benzene rings is 1. The molecule has 0 spiro atoms. The van der Waals surface area contributed by atoms with Gasteiger partial charge in [0.2, 0.25) is 5.91 Å². The van der Waals surface area contributed by atoms with Gasteiger partial charge in [-0.05, 0) is 45.6 Å². The predicted molar refractivity (Wildman–Crippen MR) is 76.9 cm³/mol. The molecule has 1 aromatic rings. The molecule has 0 aliphatic carbocycles. The molecular weight excluding hydrogens is 238 g/mol. The topological polar surface area (TPSA) is 44.4 Å². The van der Waals surface area contributed by atoms with Crippen LogP contribution >= 0.6 is 0 Å². The first kappa shape index (κ1) is 14.0. The molecule has 1 aliphatic rings. The average Bonchev–Trinajstić information content (AvgIpc) is 2.40. The highest BCUT2D eigenvalue weighted by Crippen LogP contribution is 2.18. The lowest BCUT2D eigenvalue weighted by Crippen LogP contribution is -2.46. The van der Waals surface area contributed by atoms with Crippen LogP contribution in [0.15, 0.2) is 30.3 Å². The number of hydrogen-bond acceptors (Lipinski definition) is 3. The van der Waals surface area contributed by atoms with Crippen LogP contribution < -0.4 is 10.6 Å². The van der Waals surface area contributed by atoms with E-state index in [9.17, 15) is 4.79 Å². The Morgan fingerprint density at radius 3 is 2.47 bits per heavy atom. The Bertz CT molecular complexity index is 399. The fourth-order valence-corrected chi connectivity index (χ4v) is 2.57. The van der Waals surface area contributed by atoms with Crippen molar-refractivity contribution in [3.8, 4) is 0 Å². The van der Waals surface area contributed by atoms with Crippen LogP contribution in [0.25, 0.3) is 0 Å². The van der Waals surface area contributed by atoms with Crippen molar-refractivity contribution in [2.45, 2.75) is 24.9 Å². The van der Waals surface area contributed by atoms with Gasteiger partial charge in [0, 0.05) is 6.04 Å². The predicted octanol–water partition coefficient (Wildman–Crippen LogP) is 1.16. The van der Waals surface area contributed by atoms with Crippen molar-refractivity contribution < 1.29 is 4.79 Å². The molecule has 0 radical (unpaired) electrons. The lowest BCUT2D eigenvalue weighted by atomic mass is 10.0. The van der Waals surface area contributed by atoms with Crippen LogP contribution in [0.4, 0.5) is 0 Å². The Morgan fingerprint density at radius 2 is 1.89 bits per heavy atom. The van der Waals surface area contributed by atoms with Gasteiger partial charge in [-0.3, -0.25) is 9.69 Å². The lowest BCUT2D eigenvalue weighted by Gasteiger charge is -2.29. The van der Waals surface area contributed by atoms with Crippen molar-refractivity contribution >= 4 is 5.91 Å². The Kier molecular flexibility index (Phi) is 4.93. The second-order valence-electron chi connectivity index (χ2n) is 5.31. The Morgan fingerprint density at radius 1 is 1.26 bits per heavy atom. The normalized spacial score (nSPS) is 18.3. The van der Waals surface area contributed by atoms with Crippen molar-refractivity contribution in [3.63, 3.8) is 0 Å². The Labute approximate surface area is 115 Å². The smallest absolute Gasteiger partial charge is 0.242 e. The zero-order valence-corrected chi connectivity index (χ0v) is 11.7. The molecule has 1 aliphatic heterocycles. The molecule has 1 atom stereocenters. The van der Waals surface area contributed by atoms with Crippen molar-refractivity contribution in [3.05, 3.63) is 35.9 Å². The van der Waals surface area contributed by atoms with Crippen LogP contribution in [0.3, 0.4) is 0 Å². The number of nitrogens with one attached hydrogen (secondary N) is 2. The van der Waals surface area contributed by atoms with Gasteiger partial charge in [0.05, 0.1) is 0 Å². The van der Waals surface area contributed by atoms with Gasteiger partial charge in [0.15, 0.2) is 0 Å². The first-order valence-electron chi connectivity index (χ1n) is 6.91. The van der Waals surface area contributed by atoms with Crippen LogP contribution in [0.5, 0.6) is 0 Å². The van der Waals surface area contributed by atoms with Gasteiger partial charge in [-0.15, -0.1) is 0 Å². The van der Waals surface area contributed by atoms with E-state index in [-0.39, 0.29) is 11.9 Å². The molecule has 104 valence electrons. The van der Waals surface area contributed by atoms with Gasteiger partial charge in [0.25, 0.3) is 0 Å². The quantitative estimate of drug-likeness (QED) is 0.855.